The minimum Gasteiger partial charge on any atom is -0.507 e. The lowest BCUT2D eigenvalue weighted by atomic mass is 10.1. The van der Waals surface area contributed by atoms with Gasteiger partial charge in [0.25, 0.3) is 16.0 Å². The number of carbonyl (C=O) groups excluding carboxylic acids is 1. The lowest BCUT2D eigenvalue weighted by molar-refractivity contribution is 0.102. The second-order valence-electron chi connectivity index (χ2n) is 5.83. The number of nitrogens with two attached hydrogens (primary N) is 1. The third-order valence-corrected chi connectivity index (χ3v) is 4.86. The van der Waals surface area contributed by atoms with Gasteiger partial charge in [-0.25, -0.2) is 0 Å². The number of nitrogen functional groups attached to an aromatic ring is 1. The number of nitrogens with one attached hydrogen (secondary N) is 1. The number of aromatic hydroxyl groups is 1. The van der Waals surface area contributed by atoms with Crippen LogP contribution in [0.4, 0.5) is 11.4 Å². The van der Waals surface area contributed by atoms with Gasteiger partial charge in [-0.2, -0.15) is 8.42 Å². The summed E-state index contributed by atoms with van der Waals surface area (Å²) in [7, 11) is -4.55. The first-order chi connectivity index (χ1) is 12.2. The van der Waals surface area contributed by atoms with E-state index in [-0.39, 0.29) is 27.8 Å². The average molecular weight is 372 g/mol. The Balaban J connectivity index is 2.14. The van der Waals surface area contributed by atoms with E-state index in [1.165, 1.54) is 30.3 Å². The molecule has 0 aliphatic heterocycles. The van der Waals surface area contributed by atoms with Gasteiger partial charge in [0, 0.05) is 22.1 Å². The number of benzene rings is 3. The molecule has 0 aliphatic carbocycles. The summed E-state index contributed by atoms with van der Waals surface area (Å²) in [6.07, 6.45) is 0. The van der Waals surface area contributed by atoms with Gasteiger partial charge in [-0.15, -0.1) is 0 Å². The first-order valence-electron chi connectivity index (χ1n) is 7.58. The van der Waals surface area contributed by atoms with E-state index in [0.717, 1.165) is 5.56 Å². The Morgan fingerprint density at radius 2 is 1.85 bits per heavy atom. The number of aryl methyl sites for hydroxylation is 1. The molecule has 0 bridgehead atoms. The summed E-state index contributed by atoms with van der Waals surface area (Å²) in [6, 6.07) is 11.8. The zero-order valence-electron chi connectivity index (χ0n) is 13.7. The molecule has 0 fully saturated rings. The molecule has 0 unspecified atom stereocenters. The van der Waals surface area contributed by atoms with Crippen molar-refractivity contribution in [1.82, 2.24) is 0 Å². The maximum atomic E-state index is 12.6. The summed E-state index contributed by atoms with van der Waals surface area (Å²) < 4.78 is 32.5. The van der Waals surface area contributed by atoms with E-state index in [1.807, 2.05) is 6.92 Å². The van der Waals surface area contributed by atoms with Gasteiger partial charge in [0.1, 0.15) is 10.6 Å². The number of fused-ring (bicyclic) bond motifs is 1. The fourth-order valence-corrected chi connectivity index (χ4v) is 3.46. The number of carbonyl (C=O) groups is 1. The quantitative estimate of drug-likeness (QED) is 0.318. The third-order valence-electron chi connectivity index (χ3n) is 3.96. The van der Waals surface area contributed by atoms with E-state index in [4.69, 9.17) is 5.73 Å². The van der Waals surface area contributed by atoms with Crippen LogP contribution in [-0.2, 0) is 10.1 Å². The molecule has 0 aliphatic rings. The average Bonchev–Trinajstić information content (AvgIpc) is 2.58. The van der Waals surface area contributed by atoms with Crippen molar-refractivity contribution in [2.45, 2.75) is 11.8 Å². The van der Waals surface area contributed by atoms with Crippen molar-refractivity contribution in [2.75, 3.05) is 11.1 Å². The Hall–Kier alpha value is -3.10. The van der Waals surface area contributed by atoms with Crippen LogP contribution in [0.5, 0.6) is 5.75 Å². The van der Waals surface area contributed by atoms with Gasteiger partial charge in [-0.3, -0.25) is 9.35 Å². The van der Waals surface area contributed by atoms with E-state index < -0.39 is 20.9 Å². The van der Waals surface area contributed by atoms with Crippen molar-refractivity contribution in [2.24, 2.45) is 0 Å². The molecule has 3 aromatic carbocycles. The first-order valence-corrected chi connectivity index (χ1v) is 9.02. The van der Waals surface area contributed by atoms with Gasteiger partial charge in [-0.05, 0) is 37.3 Å². The van der Waals surface area contributed by atoms with Crippen LogP contribution < -0.4 is 11.1 Å². The molecule has 0 radical (unpaired) electrons. The monoisotopic (exact) mass is 372 g/mol. The fourth-order valence-electron chi connectivity index (χ4n) is 2.74. The van der Waals surface area contributed by atoms with Crippen LogP contribution >= 0.6 is 0 Å². The molecule has 0 heterocycles. The molecule has 134 valence electrons. The van der Waals surface area contributed by atoms with E-state index in [1.54, 1.807) is 18.2 Å². The number of anilines is 2. The lowest BCUT2D eigenvalue weighted by Gasteiger charge is -2.13. The third kappa shape index (κ3) is 3.19. The highest BCUT2D eigenvalue weighted by molar-refractivity contribution is 7.86. The zero-order chi connectivity index (χ0) is 19.1. The maximum Gasteiger partial charge on any atom is 0.295 e. The summed E-state index contributed by atoms with van der Waals surface area (Å²) in [4.78, 5) is 12.1. The van der Waals surface area contributed by atoms with Gasteiger partial charge in [0.15, 0.2) is 0 Å². The van der Waals surface area contributed by atoms with Crippen molar-refractivity contribution in [3.8, 4) is 5.75 Å². The lowest BCUT2D eigenvalue weighted by Crippen LogP contribution is -2.14. The number of phenolic OH excluding ortho intramolecular Hbond substituents is 1. The molecule has 0 saturated heterocycles. The summed E-state index contributed by atoms with van der Waals surface area (Å²) in [6.45, 7) is 1.82. The molecule has 0 atom stereocenters. The first kappa shape index (κ1) is 17.7. The molecule has 1 amide bonds. The molecule has 5 N–H and O–H groups in total. The van der Waals surface area contributed by atoms with Crippen LogP contribution in [0.25, 0.3) is 10.8 Å². The number of hydrogen-bond acceptors (Lipinski definition) is 5. The van der Waals surface area contributed by atoms with Crippen LogP contribution in [0.15, 0.2) is 53.4 Å². The largest absolute Gasteiger partial charge is 0.507 e. The topological polar surface area (TPSA) is 130 Å². The summed E-state index contributed by atoms with van der Waals surface area (Å²) in [5.41, 5.74) is 7.55. The number of phenols is 1. The Kier molecular flexibility index (Phi) is 4.31. The highest BCUT2D eigenvalue weighted by Crippen LogP contribution is 2.35. The Morgan fingerprint density at radius 3 is 2.54 bits per heavy atom. The van der Waals surface area contributed by atoms with E-state index in [9.17, 15) is 22.9 Å². The molecule has 0 spiro atoms. The molecule has 3 aromatic rings. The smallest absolute Gasteiger partial charge is 0.295 e. The van der Waals surface area contributed by atoms with Gasteiger partial charge >= 0.3 is 0 Å². The Labute approximate surface area is 149 Å². The zero-order valence-corrected chi connectivity index (χ0v) is 14.5. The number of amides is 1. The van der Waals surface area contributed by atoms with Gasteiger partial charge < -0.3 is 16.2 Å². The van der Waals surface area contributed by atoms with Crippen molar-refractivity contribution in [1.29, 1.82) is 0 Å². The molecule has 0 saturated carbocycles. The van der Waals surface area contributed by atoms with Crippen LogP contribution in [0, 0.1) is 6.92 Å². The second-order valence-corrected chi connectivity index (χ2v) is 7.22. The highest BCUT2D eigenvalue weighted by Gasteiger charge is 2.19. The molecule has 3 rings (SSSR count). The Bertz CT molecular complexity index is 1140. The van der Waals surface area contributed by atoms with Crippen molar-refractivity contribution in [3.05, 3.63) is 59.7 Å². The van der Waals surface area contributed by atoms with Crippen LogP contribution in [0.2, 0.25) is 0 Å². The molecule has 26 heavy (non-hydrogen) atoms. The molecular formula is C18H16N2O5S. The van der Waals surface area contributed by atoms with E-state index in [0.29, 0.717) is 5.69 Å². The number of rotatable bonds is 3. The maximum absolute atomic E-state index is 12.6. The molecule has 7 nitrogen and oxygen atoms in total. The number of hydrogen-bond donors (Lipinski definition) is 4. The highest BCUT2D eigenvalue weighted by atomic mass is 32.2. The normalized spacial score (nSPS) is 11.5. The van der Waals surface area contributed by atoms with Crippen molar-refractivity contribution in [3.63, 3.8) is 0 Å². The minimum absolute atomic E-state index is 0.0787. The van der Waals surface area contributed by atoms with Crippen LogP contribution in [0.1, 0.15) is 15.9 Å². The van der Waals surface area contributed by atoms with Crippen LogP contribution in [-0.4, -0.2) is 24.0 Å². The molecular weight excluding hydrogens is 356 g/mol. The Morgan fingerprint density at radius 1 is 1.12 bits per heavy atom. The van der Waals surface area contributed by atoms with Crippen molar-refractivity contribution < 1.29 is 22.9 Å². The molecule has 0 aromatic heterocycles. The SMILES string of the molecule is Cc1ccc(N)c(C(=O)Nc2ccc(O)c3c(S(=O)(=O)O)cccc23)c1. The summed E-state index contributed by atoms with van der Waals surface area (Å²) in [5.74, 6) is -0.809. The van der Waals surface area contributed by atoms with Gasteiger partial charge in [-0.1, -0.05) is 23.8 Å². The van der Waals surface area contributed by atoms with Gasteiger partial charge in [0.2, 0.25) is 0 Å². The summed E-state index contributed by atoms with van der Waals surface area (Å²) in [5, 5.41) is 12.9. The van der Waals surface area contributed by atoms with Crippen LogP contribution in [0.3, 0.4) is 0 Å². The predicted molar refractivity (Wildman–Crippen MR) is 99.0 cm³/mol. The predicted octanol–water partition coefficient (Wildman–Crippen LogP) is 2.94. The van der Waals surface area contributed by atoms with E-state index in [2.05, 4.69) is 5.32 Å². The second kappa shape index (κ2) is 6.32. The standard InChI is InChI=1S/C18H16N2O5S/c1-10-5-6-13(19)12(9-10)18(22)20-14-7-8-15(21)17-11(14)3-2-4-16(17)26(23,24)25/h2-9,21H,19H2,1H3,(H,20,22)(H,23,24,25). The fraction of sp³-hybridized carbons (Fsp3) is 0.0556. The molecule has 8 heteroatoms. The van der Waals surface area contributed by atoms with Gasteiger partial charge in [0.05, 0.1) is 5.56 Å². The van der Waals surface area contributed by atoms with E-state index >= 15 is 0 Å². The summed E-state index contributed by atoms with van der Waals surface area (Å²) >= 11 is 0. The van der Waals surface area contributed by atoms with Crippen molar-refractivity contribution >= 4 is 38.2 Å². The minimum atomic E-state index is -4.55.